The Kier molecular flexibility index (Phi) is 3.17. The predicted molar refractivity (Wildman–Crippen MR) is 64.9 cm³/mol. The summed E-state index contributed by atoms with van der Waals surface area (Å²) in [7, 11) is 0. The summed E-state index contributed by atoms with van der Waals surface area (Å²) in [6.07, 6.45) is 3.73. The summed E-state index contributed by atoms with van der Waals surface area (Å²) in [6.45, 7) is 4.27. The van der Waals surface area contributed by atoms with Gasteiger partial charge in [0.25, 0.3) is 0 Å². The van der Waals surface area contributed by atoms with E-state index in [1.807, 2.05) is 0 Å². The Balaban J connectivity index is 2.31. The molecule has 1 aromatic rings. The number of rotatable bonds is 2. The lowest BCUT2D eigenvalue weighted by Crippen LogP contribution is -2.25. The molecular weight excluding hydrogens is 247 g/mol. The van der Waals surface area contributed by atoms with Crippen LogP contribution < -0.4 is 4.90 Å². The lowest BCUT2D eigenvalue weighted by Gasteiger charge is -2.16. The molecular formula is C11H10Cl2N2O. The summed E-state index contributed by atoms with van der Waals surface area (Å²) in [6, 6.07) is 1.58. The van der Waals surface area contributed by atoms with Crippen molar-refractivity contribution in [2.24, 2.45) is 5.92 Å². The van der Waals surface area contributed by atoms with Crippen LogP contribution in [-0.2, 0) is 4.79 Å². The molecule has 0 bridgehead atoms. The van der Waals surface area contributed by atoms with E-state index in [1.165, 1.54) is 6.20 Å². The van der Waals surface area contributed by atoms with Crippen LogP contribution in [0.25, 0.3) is 0 Å². The fourth-order valence-corrected chi connectivity index (χ4v) is 2.19. The maximum Gasteiger partial charge on any atom is 0.228 e. The fourth-order valence-electron chi connectivity index (χ4n) is 1.70. The van der Waals surface area contributed by atoms with Crippen LogP contribution in [0, 0.1) is 5.92 Å². The van der Waals surface area contributed by atoms with Crippen LogP contribution in [0.1, 0.15) is 6.42 Å². The van der Waals surface area contributed by atoms with Crippen molar-refractivity contribution >= 4 is 34.9 Å². The van der Waals surface area contributed by atoms with Crippen molar-refractivity contribution in [2.45, 2.75) is 6.42 Å². The third-order valence-electron chi connectivity index (χ3n) is 2.53. The van der Waals surface area contributed by atoms with Gasteiger partial charge in [-0.15, -0.1) is 6.58 Å². The molecule has 1 aliphatic rings. The molecule has 2 rings (SSSR count). The molecule has 0 saturated carbocycles. The van der Waals surface area contributed by atoms with Crippen molar-refractivity contribution in [1.29, 1.82) is 0 Å². The minimum atomic E-state index is 0.0154. The number of carbonyl (C=O) groups excluding carboxylic acids is 1. The fraction of sp³-hybridized carbons (Fsp3) is 0.273. The van der Waals surface area contributed by atoms with Gasteiger partial charge in [-0.25, -0.2) is 4.98 Å². The summed E-state index contributed by atoms with van der Waals surface area (Å²) in [5, 5.41) is 0.853. The van der Waals surface area contributed by atoms with E-state index in [2.05, 4.69) is 11.6 Å². The van der Waals surface area contributed by atoms with Crippen molar-refractivity contribution in [3.8, 4) is 0 Å². The SMILES string of the molecule is C=CC1CC(=O)N(c2ncc(Cl)cc2Cl)C1. The monoisotopic (exact) mass is 256 g/mol. The van der Waals surface area contributed by atoms with E-state index in [4.69, 9.17) is 23.2 Å². The lowest BCUT2D eigenvalue weighted by molar-refractivity contribution is -0.117. The molecule has 1 amide bonds. The summed E-state index contributed by atoms with van der Waals surface area (Å²) in [5.74, 6) is 0.656. The Morgan fingerprint density at radius 1 is 1.56 bits per heavy atom. The number of anilines is 1. The number of carbonyl (C=O) groups is 1. The van der Waals surface area contributed by atoms with Crippen LogP contribution in [0.15, 0.2) is 24.9 Å². The van der Waals surface area contributed by atoms with Gasteiger partial charge < -0.3 is 0 Å². The van der Waals surface area contributed by atoms with E-state index in [1.54, 1.807) is 17.0 Å². The molecule has 0 aromatic carbocycles. The van der Waals surface area contributed by atoms with Gasteiger partial charge in [0.15, 0.2) is 5.82 Å². The third-order valence-corrected chi connectivity index (χ3v) is 3.02. The summed E-state index contributed by atoms with van der Waals surface area (Å²) < 4.78 is 0. The van der Waals surface area contributed by atoms with Crippen molar-refractivity contribution in [2.75, 3.05) is 11.4 Å². The quantitative estimate of drug-likeness (QED) is 0.763. The second-order valence-electron chi connectivity index (χ2n) is 3.66. The first-order valence-corrected chi connectivity index (χ1v) is 5.61. The first-order valence-electron chi connectivity index (χ1n) is 4.85. The van der Waals surface area contributed by atoms with Gasteiger partial charge in [-0.05, 0) is 6.07 Å². The molecule has 1 unspecified atom stereocenters. The largest absolute Gasteiger partial charge is 0.295 e. The highest BCUT2D eigenvalue weighted by atomic mass is 35.5. The normalized spacial score (nSPS) is 20.2. The number of hydrogen-bond donors (Lipinski definition) is 0. The first-order chi connectivity index (χ1) is 7.61. The Hall–Kier alpha value is -1.06. The molecule has 84 valence electrons. The van der Waals surface area contributed by atoms with Gasteiger partial charge in [0.2, 0.25) is 5.91 Å². The maximum atomic E-state index is 11.7. The smallest absolute Gasteiger partial charge is 0.228 e. The molecule has 2 heterocycles. The Morgan fingerprint density at radius 3 is 2.88 bits per heavy atom. The lowest BCUT2D eigenvalue weighted by atomic mass is 10.1. The van der Waals surface area contributed by atoms with E-state index in [0.29, 0.717) is 28.8 Å². The molecule has 1 fully saturated rings. The number of pyridine rings is 1. The van der Waals surface area contributed by atoms with Gasteiger partial charge >= 0.3 is 0 Å². The van der Waals surface area contributed by atoms with Gasteiger partial charge in [0.1, 0.15) is 0 Å². The molecule has 0 N–H and O–H groups in total. The standard InChI is InChI=1S/C11H10Cl2N2O/c1-2-7-3-10(16)15(6-7)11-9(13)4-8(12)5-14-11/h2,4-5,7H,1,3,6H2. The second-order valence-corrected chi connectivity index (χ2v) is 4.51. The average Bonchev–Trinajstić information content (AvgIpc) is 2.60. The highest BCUT2D eigenvalue weighted by molar-refractivity contribution is 6.36. The van der Waals surface area contributed by atoms with E-state index in [9.17, 15) is 4.79 Å². The molecule has 0 radical (unpaired) electrons. The highest BCUT2D eigenvalue weighted by Crippen LogP contribution is 2.30. The third kappa shape index (κ3) is 2.06. The highest BCUT2D eigenvalue weighted by Gasteiger charge is 2.30. The minimum Gasteiger partial charge on any atom is -0.295 e. The van der Waals surface area contributed by atoms with Crippen LogP contribution >= 0.6 is 23.2 Å². The molecule has 1 atom stereocenters. The summed E-state index contributed by atoms with van der Waals surface area (Å²) >= 11 is 11.7. The van der Waals surface area contributed by atoms with Gasteiger partial charge in [-0.2, -0.15) is 0 Å². The zero-order valence-electron chi connectivity index (χ0n) is 8.49. The summed E-state index contributed by atoms with van der Waals surface area (Å²) in [5.41, 5.74) is 0. The Morgan fingerprint density at radius 2 is 2.31 bits per heavy atom. The number of halogens is 2. The Labute approximate surface area is 104 Å². The maximum absolute atomic E-state index is 11.7. The van der Waals surface area contributed by atoms with Crippen LogP contribution in [0.4, 0.5) is 5.82 Å². The Bertz CT molecular complexity index is 448. The van der Waals surface area contributed by atoms with Crippen LogP contribution in [0.3, 0.4) is 0 Å². The average molecular weight is 257 g/mol. The van der Waals surface area contributed by atoms with Crippen molar-refractivity contribution in [3.05, 3.63) is 35.0 Å². The zero-order chi connectivity index (χ0) is 11.7. The van der Waals surface area contributed by atoms with E-state index in [-0.39, 0.29) is 11.8 Å². The first kappa shape index (κ1) is 11.4. The van der Waals surface area contributed by atoms with Crippen molar-refractivity contribution < 1.29 is 4.79 Å². The van der Waals surface area contributed by atoms with E-state index < -0.39 is 0 Å². The summed E-state index contributed by atoms with van der Waals surface area (Å²) in [4.78, 5) is 17.4. The van der Waals surface area contributed by atoms with Crippen LogP contribution in [-0.4, -0.2) is 17.4 Å². The van der Waals surface area contributed by atoms with Crippen LogP contribution in [0.5, 0.6) is 0 Å². The van der Waals surface area contributed by atoms with Gasteiger partial charge in [-0.1, -0.05) is 29.3 Å². The number of amides is 1. The van der Waals surface area contributed by atoms with Gasteiger partial charge in [0.05, 0.1) is 10.0 Å². The molecule has 1 aromatic heterocycles. The molecule has 3 nitrogen and oxygen atoms in total. The van der Waals surface area contributed by atoms with Gasteiger partial charge in [0, 0.05) is 25.1 Å². The van der Waals surface area contributed by atoms with Crippen molar-refractivity contribution in [3.63, 3.8) is 0 Å². The molecule has 1 aliphatic heterocycles. The number of hydrogen-bond acceptors (Lipinski definition) is 2. The number of aromatic nitrogens is 1. The molecule has 0 aliphatic carbocycles. The minimum absolute atomic E-state index is 0.0154. The topological polar surface area (TPSA) is 33.2 Å². The molecule has 0 spiro atoms. The zero-order valence-corrected chi connectivity index (χ0v) is 10.0. The van der Waals surface area contributed by atoms with E-state index >= 15 is 0 Å². The second kappa shape index (κ2) is 4.44. The molecule has 5 heteroatoms. The van der Waals surface area contributed by atoms with Crippen molar-refractivity contribution in [1.82, 2.24) is 4.98 Å². The molecule has 16 heavy (non-hydrogen) atoms. The van der Waals surface area contributed by atoms with E-state index in [0.717, 1.165) is 0 Å². The predicted octanol–water partition coefficient (Wildman–Crippen LogP) is 2.93. The van der Waals surface area contributed by atoms with Crippen LogP contribution in [0.2, 0.25) is 10.0 Å². The number of nitrogens with zero attached hydrogens (tertiary/aromatic N) is 2. The van der Waals surface area contributed by atoms with Gasteiger partial charge in [-0.3, -0.25) is 9.69 Å². The molecule has 1 saturated heterocycles.